The number of benzene rings is 1. The molecule has 19 heavy (non-hydrogen) atoms. The normalized spacial score (nSPS) is 12.2. The Morgan fingerprint density at radius 2 is 1.79 bits per heavy atom. The topological polar surface area (TPSA) is 0 Å². The third-order valence-electron chi connectivity index (χ3n) is 3.64. The Morgan fingerprint density at radius 1 is 1.00 bits per heavy atom. The molecule has 2 rings (SSSR count). The molecule has 1 aromatic heterocycles. The van der Waals surface area contributed by atoms with Gasteiger partial charge in [0.1, 0.15) is 0 Å². The lowest BCUT2D eigenvalue weighted by Crippen LogP contribution is -2.07. The maximum atomic E-state index is 2.40. The van der Waals surface area contributed by atoms with Gasteiger partial charge in [-0.2, -0.15) is 0 Å². The quantitative estimate of drug-likeness (QED) is 0.559. The highest BCUT2D eigenvalue weighted by Gasteiger charge is 2.16. The number of unbranched alkanes of at least 4 members (excludes halogenated alkanes) is 3. The second-order valence-corrected chi connectivity index (χ2v) is 7.63. The highest BCUT2D eigenvalue weighted by Crippen LogP contribution is 2.34. The third kappa shape index (κ3) is 3.82. The van der Waals surface area contributed by atoms with Gasteiger partial charge in [-0.25, -0.2) is 0 Å². The van der Waals surface area contributed by atoms with Crippen molar-refractivity contribution in [3.8, 4) is 0 Å². The summed E-state index contributed by atoms with van der Waals surface area (Å²) in [6.07, 6.45) is 6.62. The van der Waals surface area contributed by atoms with Crippen LogP contribution >= 0.6 is 11.3 Å². The zero-order valence-corrected chi connectivity index (χ0v) is 13.6. The van der Waals surface area contributed by atoms with E-state index in [1.54, 1.807) is 0 Å². The summed E-state index contributed by atoms with van der Waals surface area (Å²) < 4.78 is 1.46. The standard InChI is InChI=1S/C18H26S/c1-5-6-7-8-9-14-10-11-15-13-17(18(2,3)4)19-16(15)12-14/h10-13H,5-9H2,1-4H3. The van der Waals surface area contributed by atoms with Crippen LogP contribution in [0.5, 0.6) is 0 Å². The van der Waals surface area contributed by atoms with E-state index in [1.165, 1.54) is 52.6 Å². The number of fused-ring (bicyclic) bond motifs is 1. The SMILES string of the molecule is CCCCCCc1ccc2cc(C(C)(C)C)sc2c1. The molecule has 0 bridgehead atoms. The first kappa shape index (κ1) is 14.6. The van der Waals surface area contributed by atoms with E-state index in [1.807, 2.05) is 11.3 Å². The van der Waals surface area contributed by atoms with Crippen molar-refractivity contribution in [3.05, 3.63) is 34.7 Å². The van der Waals surface area contributed by atoms with Crippen LogP contribution in [0.15, 0.2) is 24.3 Å². The van der Waals surface area contributed by atoms with Crippen LogP contribution in [0.1, 0.15) is 63.8 Å². The van der Waals surface area contributed by atoms with Gasteiger partial charge in [-0.1, -0.05) is 59.1 Å². The van der Waals surface area contributed by atoms with Crippen molar-refractivity contribution >= 4 is 21.4 Å². The van der Waals surface area contributed by atoms with Crippen LogP contribution in [0.25, 0.3) is 10.1 Å². The Kier molecular flexibility index (Phi) is 4.67. The molecule has 0 radical (unpaired) electrons. The van der Waals surface area contributed by atoms with E-state index in [0.717, 1.165) is 0 Å². The van der Waals surface area contributed by atoms with Crippen molar-refractivity contribution in [1.29, 1.82) is 0 Å². The molecule has 0 fully saturated rings. The number of aryl methyl sites for hydroxylation is 1. The second-order valence-electron chi connectivity index (χ2n) is 6.54. The summed E-state index contributed by atoms with van der Waals surface area (Å²) in [4.78, 5) is 1.49. The fraction of sp³-hybridized carbons (Fsp3) is 0.556. The molecule has 0 aliphatic carbocycles. The van der Waals surface area contributed by atoms with Gasteiger partial charge >= 0.3 is 0 Å². The fourth-order valence-electron chi connectivity index (χ4n) is 2.36. The first-order valence-electron chi connectivity index (χ1n) is 7.53. The van der Waals surface area contributed by atoms with Gasteiger partial charge in [-0.3, -0.25) is 0 Å². The Labute approximate surface area is 121 Å². The van der Waals surface area contributed by atoms with Crippen LogP contribution in [0.4, 0.5) is 0 Å². The molecule has 0 saturated carbocycles. The molecular formula is C18H26S. The van der Waals surface area contributed by atoms with Gasteiger partial charge in [0.05, 0.1) is 0 Å². The van der Waals surface area contributed by atoms with E-state index in [4.69, 9.17) is 0 Å². The molecule has 0 amide bonds. The molecular weight excluding hydrogens is 248 g/mol. The maximum absolute atomic E-state index is 2.40. The van der Waals surface area contributed by atoms with E-state index < -0.39 is 0 Å². The van der Waals surface area contributed by atoms with Crippen LogP contribution in [-0.4, -0.2) is 0 Å². The molecule has 0 aliphatic heterocycles. The third-order valence-corrected chi connectivity index (χ3v) is 5.17. The minimum absolute atomic E-state index is 0.269. The average molecular weight is 274 g/mol. The van der Waals surface area contributed by atoms with Crippen molar-refractivity contribution in [2.75, 3.05) is 0 Å². The van der Waals surface area contributed by atoms with Crippen LogP contribution in [0.3, 0.4) is 0 Å². The van der Waals surface area contributed by atoms with Crippen LogP contribution in [0.2, 0.25) is 0 Å². The summed E-state index contributed by atoms with van der Waals surface area (Å²) in [5, 5.41) is 1.41. The zero-order chi connectivity index (χ0) is 13.9. The lowest BCUT2D eigenvalue weighted by molar-refractivity contribution is 0.604. The van der Waals surface area contributed by atoms with Crippen molar-refractivity contribution in [1.82, 2.24) is 0 Å². The smallest absolute Gasteiger partial charge is 0.0348 e. The lowest BCUT2D eigenvalue weighted by Gasteiger charge is -2.14. The minimum atomic E-state index is 0.269. The van der Waals surface area contributed by atoms with Crippen molar-refractivity contribution in [2.45, 2.75) is 65.2 Å². The molecule has 0 spiro atoms. The zero-order valence-electron chi connectivity index (χ0n) is 12.8. The first-order chi connectivity index (χ1) is 9.00. The van der Waals surface area contributed by atoms with E-state index >= 15 is 0 Å². The number of hydrogen-bond acceptors (Lipinski definition) is 1. The fourth-order valence-corrected chi connectivity index (χ4v) is 3.54. The van der Waals surface area contributed by atoms with Gasteiger partial charge in [0, 0.05) is 9.58 Å². The summed E-state index contributed by atoms with van der Waals surface area (Å²) >= 11 is 1.96. The lowest BCUT2D eigenvalue weighted by atomic mass is 9.94. The molecule has 2 aromatic rings. The molecule has 0 N–H and O–H groups in total. The van der Waals surface area contributed by atoms with Crippen LogP contribution in [0, 0.1) is 0 Å². The predicted octanol–water partition coefficient (Wildman–Crippen LogP) is 6.32. The van der Waals surface area contributed by atoms with E-state index in [2.05, 4.69) is 52.0 Å². The van der Waals surface area contributed by atoms with E-state index in [0.29, 0.717) is 0 Å². The Bertz CT molecular complexity index is 528. The van der Waals surface area contributed by atoms with E-state index in [9.17, 15) is 0 Å². The number of thiophene rings is 1. The van der Waals surface area contributed by atoms with Crippen molar-refractivity contribution < 1.29 is 0 Å². The first-order valence-corrected chi connectivity index (χ1v) is 8.35. The minimum Gasteiger partial charge on any atom is -0.140 e. The average Bonchev–Trinajstić information content (AvgIpc) is 2.77. The molecule has 0 nitrogen and oxygen atoms in total. The summed E-state index contributed by atoms with van der Waals surface area (Å²) in [7, 11) is 0. The predicted molar refractivity (Wildman–Crippen MR) is 88.4 cm³/mol. The van der Waals surface area contributed by atoms with Crippen LogP contribution in [-0.2, 0) is 11.8 Å². The summed E-state index contributed by atoms with van der Waals surface area (Å²) in [6.45, 7) is 9.15. The molecule has 1 heteroatoms. The molecule has 0 aliphatic rings. The Morgan fingerprint density at radius 3 is 2.47 bits per heavy atom. The van der Waals surface area contributed by atoms with E-state index in [-0.39, 0.29) is 5.41 Å². The molecule has 0 atom stereocenters. The van der Waals surface area contributed by atoms with Crippen molar-refractivity contribution in [3.63, 3.8) is 0 Å². The molecule has 1 heterocycles. The van der Waals surface area contributed by atoms with Gasteiger partial charge in [-0.15, -0.1) is 11.3 Å². The van der Waals surface area contributed by atoms with Gasteiger partial charge < -0.3 is 0 Å². The Hall–Kier alpha value is -0.820. The summed E-state index contributed by atoms with van der Waals surface area (Å²) in [5.41, 5.74) is 1.77. The van der Waals surface area contributed by atoms with Gasteiger partial charge in [-0.05, 0) is 41.3 Å². The van der Waals surface area contributed by atoms with Gasteiger partial charge in [0.15, 0.2) is 0 Å². The summed E-state index contributed by atoms with van der Waals surface area (Å²) in [5.74, 6) is 0. The van der Waals surface area contributed by atoms with Gasteiger partial charge in [0.2, 0.25) is 0 Å². The Balaban J connectivity index is 2.12. The molecule has 0 saturated heterocycles. The molecule has 1 aromatic carbocycles. The maximum Gasteiger partial charge on any atom is 0.0348 e. The highest BCUT2D eigenvalue weighted by molar-refractivity contribution is 7.19. The monoisotopic (exact) mass is 274 g/mol. The number of rotatable bonds is 5. The molecule has 104 valence electrons. The van der Waals surface area contributed by atoms with Crippen molar-refractivity contribution in [2.24, 2.45) is 0 Å². The number of hydrogen-bond donors (Lipinski definition) is 0. The van der Waals surface area contributed by atoms with Crippen LogP contribution < -0.4 is 0 Å². The second kappa shape index (κ2) is 6.09. The van der Waals surface area contributed by atoms with Gasteiger partial charge in [0.25, 0.3) is 0 Å². The summed E-state index contributed by atoms with van der Waals surface area (Å²) in [6, 6.07) is 9.38. The molecule has 0 unspecified atom stereocenters. The highest BCUT2D eigenvalue weighted by atomic mass is 32.1. The largest absolute Gasteiger partial charge is 0.140 e.